The van der Waals surface area contributed by atoms with Crippen molar-refractivity contribution in [3.8, 4) is 6.07 Å². The zero-order chi connectivity index (χ0) is 11.4. The summed E-state index contributed by atoms with van der Waals surface area (Å²) in [5.41, 5.74) is 1.90. The van der Waals surface area contributed by atoms with Crippen molar-refractivity contribution in [2.75, 3.05) is 12.0 Å². The number of fused-ring (bicyclic) bond motifs is 1. The molecule has 2 aromatic rings. The van der Waals surface area contributed by atoms with Gasteiger partial charge in [0, 0.05) is 18.3 Å². The number of thioether (sulfide) groups is 1. The number of hydrogen-bond acceptors (Lipinski definition) is 2. The van der Waals surface area contributed by atoms with Crippen LogP contribution in [0.5, 0.6) is 0 Å². The Balaban J connectivity index is 2.28. The van der Waals surface area contributed by atoms with E-state index < -0.39 is 0 Å². The van der Waals surface area contributed by atoms with Crippen LogP contribution in [-0.2, 0) is 6.54 Å². The van der Waals surface area contributed by atoms with Crippen LogP contribution in [0, 0.1) is 11.3 Å². The normalized spacial score (nSPS) is 10.5. The van der Waals surface area contributed by atoms with Gasteiger partial charge in [-0.05, 0) is 42.0 Å². The van der Waals surface area contributed by atoms with E-state index in [0.717, 1.165) is 12.1 Å². The Morgan fingerprint density at radius 2 is 2.25 bits per heavy atom. The van der Waals surface area contributed by atoms with Crippen molar-refractivity contribution in [2.45, 2.75) is 13.0 Å². The molecule has 0 unspecified atom stereocenters. The van der Waals surface area contributed by atoms with Gasteiger partial charge in [0.1, 0.15) is 0 Å². The molecule has 0 aliphatic rings. The quantitative estimate of drug-likeness (QED) is 0.754. The summed E-state index contributed by atoms with van der Waals surface area (Å²) in [5.74, 6) is 1.18. The van der Waals surface area contributed by atoms with E-state index in [9.17, 15) is 0 Å². The van der Waals surface area contributed by atoms with Gasteiger partial charge in [-0.2, -0.15) is 17.0 Å². The molecule has 16 heavy (non-hydrogen) atoms. The van der Waals surface area contributed by atoms with Crippen LogP contribution in [0.15, 0.2) is 30.5 Å². The number of nitriles is 1. The van der Waals surface area contributed by atoms with Gasteiger partial charge in [0.15, 0.2) is 0 Å². The maximum Gasteiger partial charge on any atom is 0.0992 e. The van der Waals surface area contributed by atoms with Crippen LogP contribution in [0.25, 0.3) is 10.9 Å². The first-order valence-electron chi connectivity index (χ1n) is 5.33. The number of hydrogen-bond donors (Lipinski definition) is 0. The van der Waals surface area contributed by atoms with Gasteiger partial charge < -0.3 is 4.57 Å². The monoisotopic (exact) mass is 230 g/mol. The van der Waals surface area contributed by atoms with Crippen molar-refractivity contribution in [3.63, 3.8) is 0 Å². The second-order valence-corrected chi connectivity index (χ2v) is 4.73. The Kier molecular flexibility index (Phi) is 3.53. The summed E-state index contributed by atoms with van der Waals surface area (Å²) in [4.78, 5) is 0. The minimum Gasteiger partial charge on any atom is -0.347 e. The highest BCUT2D eigenvalue weighted by atomic mass is 32.2. The molecule has 2 rings (SSSR count). The lowest BCUT2D eigenvalue weighted by Gasteiger charge is -2.04. The SMILES string of the molecule is CSCCCn1ccc2ccc(C#N)cc21. The average Bonchev–Trinajstić information content (AvgIpc) is 2.72. The maximum atomic E-state index is 8.88. The van der Waals surface area contributed by atoms with Gasteiger partial charge >= 0.3 is 0 Å². The summed E-state index contributed by atoms with van der Waals surface area (Å²) in [6.07, 6.45) is 5.40. The van der Waals surface area contributed by atoms with Crippen molar-refractivity contribution < 1.29 is 0 Å². The van der Waals surface area contributed by atoms with Crippen molar-refractivity contribution in [3.05, 3.63) is 36.0 Å². The van der Waals surface area contributed by atoms with Crippen LogP contribution in [-0.4, -0.2) is 16.6 Å². The summed E-state index contributed by atoms with van der Waals surface area (Å²) >= 11 is 1.87. The smallest absolute Gasteiger partial charge is 0.0992 e. The lowest BCUT2D eigenvalue weighted by Crippen LogP contribution is -1.97. The predicted octanol–water partition coefficient (Wildman–Crippen LogP) is 3.27. The zero-order valence-corrected chi connectivity index (χ0v) is 10.1. The van der Waals surface area contributed by atoms with Gasteiger partial charge in [-0.3, -0.25) is 0 Å². The van der Waals surface area contributed by atoms with E-state index in [0.29, 0.717) is 0 Å². The van der Waals surface area contributed by atoms with Gasteiger partial charge in [-0.15, -0.1) is 0 Å². The topological polar surface area (TPSA) is 28.7 Å². The van der Waals surface area contributed by atoms with Crippen molar-refractivity contribution in [1.82, 2.24) is 4.57 Å². The molecule has 0 saturated heterocycles. The average molecular weight is 230 g/mol. The number of nitrogens with zero attached hydrogens (tertiary/aromatic N) is 2. The Bertz CT molecular complexity index is 522. The summed E-state index contributed by atoms with van der Waals surface area (Å²) in [6.45, 7) is 1.03. The molecule has 0 bridgehead atoms. The zero-order valence-electron chi connectivity index (χ0n) is 9.31. The number of benzene rings is 1. The Hall–Kier alpha value is -1.40. The Morgan fingerprint density at radius 3 is 3.00 bits per heavy atom. The molecular weight excluding hydrogens is 216 g/mol. The van der Waals surface area contributed by atoms with E-state index in [4.69, 9.17) is 5.26 Å². The fourth-order valence-corrected chi connectivity index (χ4v) is 2.25. The first kappa shape index (κ1) is 11.1. The number of rotatable bonds is 4. The Labute approximate surface area is 99.9 Å². The molecule has 82 valence electrons. The number of aryl methyl sites for hydroxylation is 1. The third-order valence-corrected chi connectivity index (χ3v) is 3.35. The van der Waals surface area contributed by atoms with Crippen LogP contribution in [0.2, 0.25) is 0 Å². The largest absolute Gasteiger partial charge is 0.347 e. The van der Waals surface area contributed by atoms with Crippen LogP contribution in [0.3, 0.4) is 0 Å². The molecule has 0 amide bonds. The fraction of sp³-hybridized carbons (Fsp3) is 0.308. The molecular formula is C13H14N2S. The van der Waals surface area contributed by atoms with Gasteiger partial charge in [-0.25, -0.2) is 0 Å². The van der Waals surface area contributed by atoms with Crippen LogP contribution < -0.4 is 0 Å². The maximum absolute atomic E-state index is 8.88. The molecule has 0 fully saturated rings. The van der Waals surface area contributed by atoms with Crippen LogP contribution >= 0.6 is 11.8 Å². The van der Waals surface area contributed by atoms with Crippen molar-refractivity contribution in [2.24, 2.45) is 0 Å². The third-order valence-electron chi connectivity index (χ3n) is 2.65. The Morgan fingerprint density at radius 1 is 1.38 bits per heavy atom. The molecule has 0 spiro atoms. The van der Waals surface area contributed by atoms with Gasteiger partial charge in [-0.1, -0.05) is 6.07 Å². The van der Waals surface area contributed by atoms with Crippen molar-refractivity contribution in [1.29, 1.82) is 5.26 Å². The lowest BCUT2D eigenvalue weighted by molar-refractivity contribution is 0.709. The minimum atomic E-state index is 0.734. The van der Waals surface area contributed by atoms with Crippen LogP contribution in [0.1, 0.15) is 12.0 Å². The first-order valence-corrected chi connectivity index (χ1v) is 6.72. The highest BCUT2D eigenvalue weighted by molar-refractivity contribution is 7.98. The molecule has 2 nitrogen and oxygen atoms in total. The van der Waals surface area contributed by atoms with Gasteiger partial charge in [0.2, 0.25) is 0 Å². The van der Waals surface area contributed by atoms with E-state index in [-0.39, 0.29) is 0 Å². The molecule has 1 aromatic heterocycles. The van der Waals surface area contributed by atoms with E-state index in [1.54, 1.807) is 0 Å². The van der Waals surface area contributed by atoms with E-state index in [2.05, 4.69) is 29.2 Å². The van der Waals surface area contributed by atoms with Crippen molar-refractivity contribution >= 4 is 22.7 Å². The molecule has 0 radical (unpaired) electrons. The second-order valence-electron chi connectivity index (χ2n) is 3.74. The molecule has 1 heterocycles. The third kappa shape index (κ3) is 2.23. The summed E-state index contributed by atoms with van der Waals surface area (Å²) in [5, 5.41) is 10.1. The molecule has 0 saturated carbocycles. The minimum absolute atomic E-state index is 0.734. The van der Waals surface area contributed by atoms with E-state index in [1.165, 1.54) is 23.1 Å². The second kappa shape index (κ2) is 5.09. The highest BCUT2D eigenvalue weighted by Gasteiger charge is 2.01. The lowest BCUT2D eigenvalue weighted by atomic mass is 10.2. The highest BCUT2D eigenvalue weighted by Crippen LogP contribution is 2.18. The molecule has 0 aliphatic carbocycles. The van der Waals surface area contributed by atoms with E-state index in [1.807, 2.05) is 30.0 Å². The molecule has 1 aromatic carbocycles. The van der Waals surface area contributed by atoms with E-state index >= 15 is 0 Å². The van der Waals surface area contributed by atoms with Crippen LogP contribution in [0.4, 0.5) is 0 Å². The molecule has 3 heteroatoms. The molecule has 0 aliphatic heterocycles. The summed E-state index contributed by atoms with van der Waals surface area (Å²) < 4.78 is 2.23. The van der Waals surface area contributed by atoms with Gasteiger partial charge in [0.05, 0.1) is 11.6 Å². The molecule has 0 N–H and O–H groups in total. The number of aromatic nitrogens is 1. The first-order chi connectivity index (χ1) is 7.85. The predicted molar refractivity (Wildman–Crippen MR) is 69.7 cm³/mol. The standard InChI is InChI=1S/C13H14N2S/c1-16-8-2-6-15-7-5-12-4-3-11(10-14)9-13(12)15/h3-5,7,9H,2,6,8H2,1H3. The molecule has 0 atom stereocenters. The fourth-order valence-electron chi connectivity index (χ4n) is 1.83. The van der Waals surface area contributed by atoms with Gasteiger partial charge in [0.25, 0.3) is 0 Å². The summed E-state index contributed by atoms with van der Waals surface area (Å²) in [7, 11) is 0. The summed E-state index contributed by atoms with van der Waals surface area (Å²) in [6, 6.07) is 10.1.